The van der Waals surface area contributed by atoms with E-state index in [-0.39, 0.29) is 43.6 Å². The van der Waals surface area contributed by atoms with Gasteiger partial charge in [0.1, 0.15) is 31.6 Å². The predicted molar refractivity (Wildman–Crippen MR) is 216 cm³/mol. The average molecular weight is 809 g/mol. The molecule has 0 amide bonds. The van der Waals surface area contributed by atoms with Crippen LogP contribution in [0, 0.1) is 25.2 Å². The van der Waals surface area contributed by atoms with Crippen LogP contribution in [-0.4, -0.2) is 99.2 Å². The first-order valence-corrected chi connectivity index (χ1v) is 20.7. The standard InChI is InChI=1S/C44H48N4O9S/c1-8-12-53-31-16-24-10-11-46-44(26(24)17-30(31)51-6)20-58-42-34-33(41-39(56-21-57-41)23(4)37(34)49)29(19-55-43(44)50)48-28(18-45)27-15-25-14-22(3)38(52-7)40(54-13-9-2)32(25)35(36(42)48)47(27)5/h8-9,14,16-17,27-29,35-36,42,46,49H,1-2,10-13,15,19-21H2,3-7H3/t27-,28-,29-,35+,36?,42+,44+/m0/s1. The third-order valence-corrected chi connectivity index (χ3v) is 14.4. The highest BCUT2D eigenvalue weighted by Crippen LogP contribution is 2.64. The van der Waals surface area contributed by atoms with E-state index in [4.69, 9.17) is 33.2 Å². The second-order valence-corrected chi connectivity index (χ2v) is 16.8. The van der Waals surface area contributed by atoms with E-state index in [1.807, 2.05) is 26.0 Å². The Morgan fingerprint density at radius 3 is 2.53 bits per heavy atom. The van der Waals surface area contributed by atoms with Gasteiger partial charge < -0.3 is 38.3 Å². The number of carbonyl (C=O) groups excluding carboxylic acids is 1. The zero-order valence-corrected chi connectivity index (χ0v) is 34.2. The minimum Gasteiger partial charge on any atom is -0.507 e. The highest BCUT2D eigenvalue weighted by molar-refractivity contribution is 7.99. The van der Waals surface area contributed by atoms with Crippen LogP contribution < -0.4 is 33.7 Å². The number of carbonyl (C=O) groups is 1. The third kappa shape index (κ3) is 5.43. The minimum atomic E-state index is -1.28. The van der Waals surface area contributed by atoms with Gasteiger partial charge in [-0.3, -0.25) is 15.1 Å². The lowest BCUT2D eigenvalue weighted by Crippen LogP contribution is -2.69. The van der Waals surface area contributed by atoms with Crippen LogP contribution in [-0.2, 0) is 27.9 Å². The molecule has 0 saturated carbocycles. The highest BCUT2D eigenvalue weighted by atomic mass is 32.2. The first-order chi connectivity index (χ1) is 28.1. The lowest BCUT2D eigenvalue weighted by Gasteiger charge is -2.62. The van der Waals surface area contributed by atoms with Crippen molar-refractivity contribution >= 4 is 17.7 Å². The highest BCUT2D eigenvalue weighted by Gasteiger charge is 2.61. The molecule has 2 fully saturated rings. The van der Waals surface area contributed by atoms with Crippen LogP contribution in [0.2, 0.25) is 0 Å². The number of nitrogens with zero attached hydrogens (tertiary/aromatic N) is 3. The van der Waals surface area contributed by atoms with Crippen LogP contribution in [0.4, 0.5) is 0 Å². The van der Waals surface area contributed by atoms with Gasteiger partial charge in [-0.15, -0.1) is 11.8 Å². The summed E-state index contributed by atoms with van der Waals surface area (Å²) >= 11 is 1.56. The average Bonchev–Trinajstić information content (AvgIpc) is 3.72. The smallest absolute Gasteiger partial charge is 0.331 e. The number of likely N-dealkylation sites (N-methyl/N-ethyl adjacent to an activating group) is 1. The number of aromatic hydroxyl groups is 1. The summed E-state index contributed by atoms with van der Waals surface area (Å²) in [6.07, 6.45) is 4.63. The Kier molecular flexibility index (Phi) is 9.70. The van der Waals surface area contributed by atoms with Gasteiger partial charge in [-0.2, -0.15) is 5.26 Å². The van der Waals surface area contributed by atoms with E-state index in [0.29, 0.717) is 77.2 Å². The molecule has 7 aliphatic heterocycles. The van der Waals surface area contributed by atoms with E-state index in [0.717, 1.165) is 27.8 Å². The molecule has 7 atom stereocenters. The Hall–Kier alpha value is -5.07. The van der Waals surface area contributed by atoms with Crippen molar-refractivity contribution in [2.24, 2.45) is 0 Å². The molecule has 1 spiro atoms. The van der Waals surface area contributed by atoms with Crippen molar-refractivity contribution in [2.45, 2.75) is 67.7 Å². The second kappa shape index (κ2) is 14.6. The van der Waals surface area contributed by atoms with Crippen molar-refractivity contribution < 1.29 is 43.1 Å². The molecule has 4 bridgehead atoms. The number of aryl methyl sites for hydroxylation is 1. The maximum atomic E-state index is 14.9. The van der Waals surface area contributed by atoms with Crippen LogP contribution in [0.3, 0.4) is 0 Å². The quantitative estimate of drug-likeness (QED) is 0.219. The van der Waals surface area contributed by atoms with Gasteiger partial charge in [0, 0.05) is 46.6 Å². The van der Waals surface area contributed by atoms with Crippen LogP contribution in [0.5, 0.6) is 40.2 Å². The molecule has 13 nitrogen and oxygen atoms in total. The summed E-state index contributed by atoms with van der Waals surface area (Å²) in [5.41, 5.74) is 5.35. The molecule has 7 aliphatic rings. The van der Waals surface area contributed by atoms with E-state index in [1.54, 1.807) is 38.1 Å². The number of hydrogen-bond donors (Lipinski definition) is 2. The Morgan fingerprint density at radius 2 is 1.79 bits per heavy atom. The number of piperazine rings is 1. The van der Waals surface area contributed by atoms with Gasteiger partial charge >= 0.3 is 5.97 Å². The summed E-state index contributed by atoms with van der Waals surface area (Å²) < 4.78 is 43.1. The summed E-state index contributed by atoms with van der Waals surface area (Å²) in [4.78, 5) is 19.5. The predicted octanol–water partition coefficient (Wildman–Crippen LogP) is 5.49. The monoisotopic (exact) mass is 808 g/mol. The molecule has 3 aromatic rings. The number of phenolic OH excluding ortho intramolecular Hbond substituents is 1. The normalized spacial score (nSPS) is 27.9. The lowest BCUT2D eigenvalue weighted by atomic mass is 9.71. The summed E-state index contributed by atoms with van der Waals surface area (Å²) in [6.45, 7) is 12.5. The number of methoxy groups -OCH3 is 2. The number of nitriles is 1. The zero-order valence-electron chi connectivity index (χ0n) is 33.4. The lowest BCUT2D eigenvalue weighted by molar-refractivity contribution is -0.157. The molecule has 2 saturated heterocycles. The van der Waals surface area contributed by atoms with Crippen LogP contribution in [0.15, 0.2) is 43.5 Å². The van der Waals surface area contributed by atoms with Crippen LogP contribution >= 0.6 is 11.8 Å². The summed E-state index contributed by atoms with van der Waals surface area (Å²) in [7, 11) is 5.30. The Balaban J connectivity index is 1.29. The fourth-order valence-electron chi connectivity index (χ4n) is 10.4. The number of rotatable bonds is 8. The van der Waals surface area contributed by atoms with Crippen molar-refractivity contribution in [3.8, 4) is 46.3 Å². The molecule has 304 valence electrons. The van der Waals surface area contributed by atoms with Gasteiger partial charge in [-0.1, -0.05) is 31.4 Å². The Morgan fingerprint density at radius 1 is 1.02 bits per heavy atom. The molecule has 14 heteroatoms. The van der Waals surface area contributed by atoms with Gasteiger partial charge in [0.25, 0.3) is 0 Å². The summed E-state index contributed by atoms with van der Waals surface area (Å²) in [6, 6.07) is 6.39. The molecule has 10 rings (SSSR count). The van der Waals surface area contributed by atoms with Gasteiger partial charge in [-0.05, 0) is 68.1 Å². The molecular weight excluding hydrogens is 761 g/mol. The second-order valence-electron chi connectivity index (χ2n) is 15.7. The topological polar surface area (TPSA) is 144 Å². The molecule has 1 unspecified atom stereocenters. The molecule has 0 aromatic heterocycles. The van der Waals surface area contributed by atoms with Crippen LogP contribution in [0.1, 0.15) is 61.8 Å². The maximum Gasteiger partial charge on any atom is 0.331 e. The minimum absolute atomic E-state index is 0.0177. The number of hydrogen-bond acceptors (Lipinski definition) is 14. The molecule has 3 aromatic carbocycles. The van der Waals surface area contributed by atoms with Crippen molar-refractivity contribution in [2.75, 3.05) is 60.2 Å². The first-order valence-electron chi connectivity index (χ1n) is 19.6. The largest absolute Gasteiger partial charge is 0.507 e. The van der Waals surface area contributed by atoms with Crippen molar-refractivity contribution in [3.05, 3.63) is 88.0 Å². The molecule has 58 heavy (non-hydrogen) atoms. The number of nitrogens with one attached hydrogen (secondary N) is 1. The fraction of sp³-hybridized carbons (Fsp3) is 0.455. The first kappa shape index (κ1) is 38.4. The number of ether oxygens (including phenoxy) is 7. The van der Waals surface area contributed by atoms with E-state index in [1.165, 1.54) is 0 Å². The molecule has 0 aliphatic carbocycles. The van der Waals surface area contributed by atoms with Gasteiger partial charge in [0.15, 0.2) is 40.0 Å². The van der Waals surface area contributed by atoms with Crippen molar-refractivity contribution in [1.29, 1.82) is 5.26 Å². The SMILES string of the molecule is C=CCOc1cc2c(cc1OC)[C@@]1(CS[C@@H]3c4c(O)c(C)c5c(c4[C@H](COC1=O)N1C3[C@H]3c4c(cc(C)c(OC)c4OCC=C)C[C@@H]([C@@H]1C#N)N3C)OCO5)NCC2. The molecule has 2 N–H and O–H groups in total. The Bertz CT molecular complexity index is 2280. The van der Waals surface area contributed by atoms with Crippen molar-refractivity contribution in [3.63, 3.8) is 0 Å². The van der Waals surface area contributed by atoms with E-state index < -0.39 is 34.9 Å². The van der Waals surface area contributed by atoms with E-state index in [9.17, 15) is 15.2 Å². The maximum absolute atomic E-state index is 14.9. The van der Waals surface area contributed by atoms with Gasteiger partial charge in [0.2, 0.25) is 6.79 Å². The van der Waals surface area contributed by atoms with Gasteiger partial charge in [0.05, 0.1) is 37.6 Å². The van der Waals surface area contributed by atoms with E-state index in [2.05, 4.69) is 47.5 Å². The number of thioether (sulfide) groups is 1. The molecule has 7 heterocycles. The number of phenols is 1. The zero-order chi connectivity index (χ0) is 40.6. The van der Waals surface area contributed by atoms with E-state index >= 15 is 0 Å². The third-order valence-electron chi connectivity index (χ3n) is 12.9. The summed E-state index contributed by atoms with van der Waals surface area (Å²) in [5, 5.41) is 26.7. The number of esters is 1. The molecule has 0 radical (unpaired) electrons. The van der Waals surface area contributed by atoms with Gasteiger partial charge in [-0.25, -0.2) is 4.79 Å². The molecular formula is C44H48N4O9S. The number of fused-ring (bicyclic) bond motifs is 9. The van der Waals surface area contributed by atoms with Crippen LogP contribution in [0.25, 0.3) is 0 Å². The van der Waals surface area contributed by atoms with Crippen molar-refractivity contribution in [1.82, 2.24) is 15.1 Å². The summed E-state index contributed by atoms with van der Waals surface area (Å²) in [5.74, 6) is 3.20. The fourth-order valence-corrected chi connectivity index (χ4v) is 12.1. The Labute approximate surface area is 342 Å². The number of benzene rings is 3.